The molecule has 0 saturated carbocycles. The summed E-state index contributed by atoms with van der Waals surface area (Å²) in [5, 5.41) is 0. The molecule has 8 heavy (non-hydrogen) atoms. The summed E-state index contributed by atoms with van der Waals surface area (Å²) in [5.41, 5.74) is 0. The minimum Gasteiger partial charge on any atom is -0.269 e. The molecule has 0 bridgehead atoms. The number of allylic oxidation sites excluding steroid dienone is 2. The Morgan fingerprint density at radius 1 is 1.75 bits per heavy atom. The molecule has 0 heterocycles. The van der Waals surface area contributed by atoms with Crippen molar-refractivity contribution in [1.29, 1.82) is 0 Å². The van der Waals surface area contributed by atoms with Crippen molar-refractivity contribution in [2.75, 3.05) is 0 Å². The summed E-state index contributed by atoms with van der Waals surface area (Å²) in [5.74, 6) is -0.500. The van der Waals surface area contributed by atoms with Gasteiger partial charge >= 0.3 is 0 Å². The maximum Gasteiger partial charge on any atom is 0.154 e. The molecule has 0 aromatic heterocycles. The molecule has 0 saturated heterocycles. The Morgan fingerprint density at radius 2 is 2.25 bits per heavy atom. The average molecular weight is 178 g/mol. The number of hydrogen-bond acceptors (Lipinski definition) is 1. The number of rotatable bonds is 2. The molecule has 1 nitrogen and oxygen atoms in total. The van der Waals surface area contributed by atoms with Crippen LogP contribution < -0.4 is 0 Å². The van der Waals surface area contributed by atoms with Crippen LogP contribution in [-0.2, 0) is 0 Å². The highest BCUT2D eigenvalue weighted by molar-refractivity contribution is 9.11. The fourth-order valence-electron chi connectivity index (χ4n) is 0.150. The first-order chi connectivity index (χ1) is 3.68. The van der Waals surface area contributed by atoms with Crippen molar-refractivity contribution < 1.29 is 4.39 Å². The van der Waals surface area contributed by atoms with E-state index in [-0.39, 0.29) is 4.48 Å². The van der Waals surface area contributed by atoms with Crippen molar-refractivity contribution in [2.45, 2.75) is 0 Å². The van der Waals surface area contributed by atoms with Crippen LogP contribution in [-0.4, -0.2) is 6.72 Å². The zero-order chi connectivity index (χ0) is 6.57. The molecule has 0 spiro atoms. The van der Waals surface area contributed by atoms with Gasteiger partial charge in [-0.1, -0.05) is 6.58 Å². The second-order valence-corrected chi connectivity index (χ2v) is 2.02. The number of aliphatic imine (C=N–C) groups is 1. The van der Waals surface area contributed by atoms with Crippen molar-refractivity contribution in [3.63, 3.8) is 0 Å². The predicted molar refractivity (Wildman–Crippen MR) is 36.8 cm³/mol. The van der Waals surface area contributed by atoms with E-state index in [1.54, 1.807) is 0 Å². The van der Waals surface area contributed by atoms with Crippen LogP contribution in [0.3, 0.4) is 0 Å². The lowest BCUT2D eigenvalue weighted by Gasteiger charge is -1.84. The summed E-state index contributed by atoms with van der Waals surface area (Å²) in [4.78, 5) is 3.18. The first kappa shape index (κ1) is 7.56. The van der Waals surface area contributed by atoms with E-state index in [0.717, 1.165) is 6.20 Å². The largest absolute Gasteiger partial charge is 0.269 e. The summed E-state index contributed by atoms with van der Waals surface area (Å²) >= 11 is 2.82. The minimum atomic E-state index is -0.500. The lowest BCUT2D eigenvalue weighted by Crippen LogP contribution is -1.65. The molecule has 0 radical (unpaired) electrons. The molecule has 0 aromatic rings. The van der Waals surface area contributed by atoms with Crippen LogP contribution in [0.25, 0.3) is 0 Å². The van der Waals surface area contributed by atoms with E-state index in [1.165, 1.54) is 0 Å². The van der Waals surface area contributed by atoms with Crippen LogP contribution in [0.15, 0.2) is 28.1 Å². The van der Waals surface area contributed by atoms with Gasteiger partial charge in [-0.25, -0.2) is 4.39 Å². The van der Waals surface area contributed by atoms with Gasteiger partial charge in [-0.3, -0.25) is 4.99 Å². The summed E-state index contributed by atoms with van der Waals surface area (Å²) < 4.78 is 12.3. The monoisotopic (exact) mass is 177 g/mol. The minimum absolute atomic E-state index is 0.185. The molecule has 0 atom stereocenters. The summed E-state index contributed by atoms with van der Waals surface area (Å²) in [7, 11) is 0. The van der Waals surface area contributed by atoms with E-state index >= 15 is 0 Å². The Labute approximate surface area is 55.7 Å². The van der Waals surface area contributed by atoms with Gasteiger partial charge in [0.15, 0.2) is 5.83 Å². The topological polar surface area (TPSA) is 12.4 Å². The molecular formula is C5H5BrFN. The molecule has 44 valence electrons. The Hall–Kier alpha value is -0.440. The Kier molecular flexibility index (Phi) is 3.35. The van der Waals surface area contributed by atoms with Gasteiger partial charge in [0.2, 0.25) is 0 Å². The fraction of sp³-hybridized carbons (Fsp3) is 0. The molecule has 0 aliphatic heterocycles. The van der Waals surface area contributed by atoms with Crippen LogP contribution >= 0.6 is 15.9 Å². The van der Waals surface area contributed by atoms with E-state index in [0.29, 0.717) is 0 Å². The molecular weight excluding hydrogens is 173 g/mol. The fourth-order valence-corrected chi connectivity index (χ4v) is 0.253. The van der Waals surface area contributed by atoms with Crippen LogP contribution in [0, 0.1) is 0 Å². The van der Waals surface area contributed by atoms with Crippen molar-refractivity contribution in [2.24, 2.45) is 4.99 Å². The third-order valence-electron chi connectivity index (χ3n) is 0.464. The normalized spacial score (nSPS) is 11.0. The number of halogens is 2. The van der Waals surface area contributed by atoms with Crippen molar-refractivity contribution in [1.82, 2.24) is 0 Å². The summed E-state index contributed by atoms with van der Waals surface area (Å²) in [6.07, 6.45) is 0.983. The standard InChI is InChI=1S/C5H5BrFN/c1-4(6)5(7)3-8-2/h3H,1-2H2/b5-3+. The molecule has 3 heteroatoms. The highest BCUT2D eigenvalue weighted by atomic mass is 79.9. The molecule has 0 aromatic carbocycles. The molecule has 0 aliphatic rings. The van der Waals surface area contributed by atoms with Crippen LogP contribution in [0.2, 0.25) is 0 Å². The summed E-state index contributed by atoms with van der Waals surface area (Å²) in [6, 6.07) is 0. The van der Waals surface area contributed by atoms with Gasteiger partial charge in [-0.15, -0.1) is 0 Å². The third kappa shape index (κ3) is 2.69. The smallest absolute Gasteiger partial charge is 0.154 e. The molecule has 0 amide bonds. The molecule has 0 fully saturated rings. The Balaban J connectivity index is 3.99. The molecule has 0 rings (SSSR count). The van der Waals surface area contributed by atoms with E-state index < -0.39 is 5.83 Å². The Morgan fingerprint density at radius 3 is 2.38 bits per heavy atom. The van der Waals surface area contributed by atoms with Crippen LogP contribution in [0.1, 0.15) is 0 Å². The predicted octanol–water partition coefficient (Wildman–Crippen LogP) is 2.41. The van der Waals surface area contributed by atoms with Gasteiger partial charge in [0, 0.05) is 4.48 Å². The third-order valence-corrected chi connectivity index (χ3v) is 0.843. The highest BCUT2D eigenvalue weighted by Gasteiger charge is 1.91. The van der Waals surface area contributed by atoms with Gasteiger partial charge in [0.1, 0.15) is 0 Å². The maximum atomic E-state index is 12.1. The van der Waals surface area contributed by atoms with Crippen LogP contribution in [0.5, 0.6) is 0 Å². The quantitative estimate of drug-likeness (QED) is 0.454. The lowest BCUT2D eigenvalue weighted by molar-refractivity contribution is 0.662. The first-order valence-corrected chi connectivity index (χ1v) is 2.64. The van der Waals surface area contributed by atoms with Crippen molar-refractivity contribution in [3.8, 4) is 0 Å². The second kappa shape index (κ2) is 3.55. The van der Waals surface area contributed by atoms with E-state index in [1.807, 2.05) is 0 Å². The SMILES string of the molecule is C=N/C=C(/F)C(=C)Br. The maximum absolute atomic E-state index is 12.1. The zero-order valence-electron chi connectivity index (χ0n) is 4.19. The van der Waals surface area contributed by atoms with Gasteiger partial charge in [-0.05, 0) is 22.6 Å². The van der Waals surface area contributed by atoms with Crippen molar-refractivity contribution >= 4 is 22.6 Å². The highest BCUT2D eigenvalue weighted by Crippen LogP contribution is 2.14. The first-order valence-electron chi connectivity index (χ1n) is 1.84. The van der Waals surface area contributed by atoms with E-state index in [2.05, 4.69) is 34.2 Å². The Bertz CT molecular complexity index is 139. The lowest BCUT2D eigenvalue weighted by atomic mass is 10.6. The second-order valence-electron chi connectivity index (χ2n) is 1.06. The van der Waals surface area contributed by atoms with Gasteiger partial charge in [0.05, 0.1) is 6.20 Å². The number of hydrogen-bond donors (Lipinski definition) is 0. The summed E-state index contributed by atoms with van der Waals surface area (Å²) in [6.45, 7) is 6.31. The number of nitrogens with zero attached hydrogens (tertiary/aromatic N) is 1. The molecule has 0 N–H and O–H groups in total. The van der Waals surface area contributed by atoms with Gasteiger partial charge < -0.3 is 0 Å². The van der Waals surface area contributed by atoms with Gasteiger partial charge in [-0.2, -0.15) is 0 Å². The van der Waals surface area contributed by atoms with Crippen LogP contribution in [0.4, 0.5) is 4.39 Å². The molecule has 0 aliphatic carbocycles. The average Bonchev–Trinajstić information content (AvgIpc) is 1.67. The zero-order valence-corrected chi connectivity index (χ0v) is 5.78. The van der Waals surface area contributed by atoms with E-state index in [4.69, 9.17) is 0 Å². The van der Waals surface area contributed by atoms with Gasteiger partial charge in [0.25, 0.3) is 0 Å². The van der Waals surface area contributed by atoms with Crippen molar-refractivity contribution in [3.05, 3.63) is 23.1 Å². The molecule has 0 unspecified atom stereocenters. The van der Waals surface area contributed by atoms with E-state index in [9.17, 15) is 4.39 Å².